The van der Waals surface area contributed by atoms with Crippen LogP contribution in [0.25, 0.3) is 0 Å². The first-order valence-corrected chi connectivity index (χ1v) is 17.3. The van der Waals surface area contributed by atoms with Crippen LogP contribution in [-0.4, -0.2) is 89.6 Å². The molecule has 254 valence electrons. The van der Waals surface area contributed by atoms with Gasteiger partial charge in [-0.15, -0.1) is 0 Å². The number of carbonyl (C=O) groups excluding carboxylic acids is 1. The van der Waals surface area contributed by atoms with Gasteiger partial charge in [-0.05, 0) is 38.5 Å². The summed E-state index contributed by atoms with van der Waals surface area (Å²) in [4.78, 5) is 12.5. The number of rotatable bonds is 28. The monoisotopic (exact) mass is 616 g/mol. The number of hydrogen-bond donors (Lipinski definition) is 4. The van der Waals surface area contributed by atoms with Crippen molar-refractivity contribution in [2.24, 2.45) is 0 Å². The maximum absolute atomic E-state index is 12.5. The molecule has 0 saturated carbocycles. The fourth-order valence-electron chi connectivity index (χ4n) is 5.13. The van der Waals surface area contributed by atoms with Crippen LogP contribution in [0.4, 0.5) is 0 Å². The Bertz CT molecular complexity index is 672. The van der Waals surface area contributed by atoms with Gasteiger partial charge < -0.3 is 39.4 Å². The van der Waals surface area contributed by atoms with Crippen LogP contribution in [-0.2, 0) is 23.7 Å². The third-order valence-electron chi connectivity index (χ3n) is 7.93. The van der Waals surface area contributed by atoms with Gasteiger partial charge in [0.25, 0.3) is 0 Å². The second-order valence-electron chi connectivity index (χ2n) is 12.0. The summed E-state index contributed by atoms with van der Waals surface area (Å²) < 4.78 is 22.5. The van der Waals surface area contributed by atoms with Crippen molar-refractivity contribution in [2.45, 2.75) is 173 Å². The first-order chi connectivity index (χ1) is 20.9. The van der Waals surface area contributed by atoms with Gasteiger partial charge in [0.2, 0.25) is 0 Å². The molecule has 0 amide bonds. The molecular formula is C34H64O9. The lowest BCUT2D eigenvalue weighted by molar-refractivity contribution is -0.305. The summed E-state index contributed by atoms with van der Waals surface area (Å²) in [6, 6.07) is 0. The molecule has 1 saturated heterocycles. The number of esters is 1. The lowest BCUT2D eigenvalue weighted by Crippen LogP contribution is -2.59. The van der Waals surface area contributed by atoms with E-state index < -0.39 is 43.4 Å². The Morgan fingerprint density at radius 1 is 0.721 bits per heavy atom. The first-order valence-electron chi connectivity index (χ1n) is 17.3. The van der Waals surface area contributed by atoms with E-state index >= 15 is 0 Å². The second-order valence-corrected chi connectivity index (χ2v) is 12.0. The zero-order chi connectivity index (χ0) is 31.5. The summed E-state index contributed by atoms with van der Waals surface area (Å²) in [7, 11) is 0. The second kappa shape index (κ2) is 27.3. The number of carbonyl (C=O) groups is 1. The molecule has 6 atom stereocenters. The summed E-state index contributed by atoms with van der Waals surface area (Å²) in [5, 5.41) is 39.7. The van der Waals surface area contributed by atoms with E-state index in [9.17, 15) is 25.2 Å². The highest BCUT2D eigenvalue weighted by Crippen LogP contribution is 2.22. The molecule has 1 aliphatic rings. The van der Waals surface area contributed by atoms with Gasteiger partial charge in [0, 0.05) is 13.0 Å². The number of aliphatic hydroxyl groups excluding tert-OH is 4. The molecular weight excluding hydrogens is 552 g/mol. The molecule has 1 heterocycles. The van der Waals surface area contributed by atoms with Gasteiger partial charge in [-0.25, -0.2) is 0 Å². The van der Waals surface area contributed by atoms with Crippen molar-refractivity contribution in [2.75, 3.05) is 26.4 Å². The van der Waals surface area contributed by atoms with E-state index in [1.165, 1.54) is 83.5 Å². The summed E-state index contributed by atoms with van der Waals surface area (Å²) in [5.41, 5.74) is 0. The maximum Gasteiger partial charge on any atom is 0.306 e. The van der Waals surface area contributed by atoms with Gasteiger partial charge in [0.1, 0.15) is 30.5 Å². The lowest BCUT2D eigenvalue weighted by atomic mass is 9.99. The fraction of sp³-hybridized carbons (Fsp3) is 0.912. The Balaban J connectivity index is 2.35. The van der Waals surface area contributed by atoms with Crippen LogP contribution in [0.1, 0.15) is 136 Å². The molecule has 9 nitrogen and oxygen atoms in total. The minimum absolute atomic E-state index is 0.113. The van der Waals surface area contributed by atoms with Gasteiger partial charge in [-0.2, -0.15) is 0 Å². The van der Waals surface area contributed by atoms with E-state index in [0.717, 1.165) is 32.1 Å². The first kappa shape index (κ1) is 40.0. The van der Waals surface area contributed by atoms with Crippen LogP contribution in [0.2, 0.25) is 0 Å². The Morgan fingerprint density at radius 3 is 1.93 bits per heavy atom. The van der Waals surface area contributed by atoms with E-state index in [1.807, 2.05) is 0 Å². The molecule has 0 bridgehead atoms. The molecule has 0 radical (unpaired) electrons. The smallest absolute Gasteiger partial charge is 0.306 e. The van der Waals surface area contributed by atoms with Gasteiger partial charge in [0.05, 0.1) is 19.8 Å². The summed E-state index contributed by atoms with van der Waals surface area (Å²) in [5.74, 6) is -0.324. The largest absolute Gasteiger partial charge is 0.457 e. The summed E-state index contributed by atoms with van der Waals surface area (Å²) in [6.07, 6.45) is 18.2. The standard InChI is InChI=1S/C34H64O9/c1-3-5-7-9-11-12-13-14-15-16-18-20-22-24-40-26-28(42-30(36)23-21-19-17-10-8-6-4-2)27-41-34-33(39)32(38)31(37)29(25-35)43-34/h11-12,28-29,31-35,37-39H,3-10,13-27H2,1-2H3/b12-11-. The van der Waals surface area contributed by atoms with Crippen molar-refractivity contribution >= 4 is 5.97 Å². The maximum atomic E-state index is 12.5. The minimum Gasteiger partial charge on any atom is -0.457 e. The SMILES string of the molecule is CCCCC/C=C\CCCCCCCCOCC(COC1OC(CO)C(O)C(O)C1O)OC(=O)CCCCCCCCC. The zero-order valence-electron chi connectivity index (χ0n) is 27.2. The molecule has 0 aliphatic carbocycles. The molecule has 1 rings (SSSR count). The highest BCUT2D eigenvalue weighted by Gasteiger charge is 2.44. The molecule has 0 aromatic rings. The predicted molar refractivity (Wildman–Crippen MR) is 169 cm³/mol. The van der Waals surface area contributed by atoms with Gasteiger partial charge in [-0.3, -0.25) is 4.79 Å². The van der Waals surface area contributed by atoms with Crippen molar-refractivity contribution in [1.82, 2.24) is 0 Å². The molecule has 0 aromatic heterocycles. The van der Waals surface area contributed by atoms with Crippen molar-refractivity contribution in [3.05, 3.63) is 12.2 Å². The number of ether oxygens (including phenoxy) is 4. The fourth-order valence-corrected chi connectivity index (χ4v) is 5.13. The van der Waals surface area contributed by atoms with E-state index in [0.29, 0.717) is 13.0 Å². The number of unbranched alkanes of at least 4 members (excludes halogenated alkanes) is 15. The normalized spacial score (nSPS) is 23.2. The molecule has 0 aromatic carbocycles. The Labute approximate surface area is 261 Å². The molecule has 0 spiro atoms. The van der Waals surface area contributed by atoms with E-state index in [4.69, 9.17) is 18.9 Å². The van der Waals surface area contributed by atoms with E-state index in [1.54, 1.807) is 0 Å². The van der Waals surface area contributed by atoms with Crippen LogP contribution in [0, 0.1) is 0 Å². The molecule has 9 heteroatoms. The third kappa shape index (κ3) is 19.8. The summed E-state index contributed by atoms with van der Waals surface area (Å²) in [6.45, 7) is 4.46. The molecule has 1 fully saturated rings. The van der Waals surface area contributed by atoms with Crippen LogP contribution >= 0.6 is 0 Å². The van der Waals surface area contributed by atoms with Gasteiger partial charge in [-0.1, -0.05) is 103 Å². The molecule has 6 unspecified atom stereocenters. The van der Waals surface area contributed by atoms with Gasteiger partial charge in [0.15, 0.2) is 6.29 Å². The van der Waals surface area contributed by atoms with Gasteiger partial charge >= 0.3 is 5.97 Å². The third-order valence-corrected chi connectivity index (χ3v) is 7.93. The number of aliphatic hydroxyl groups is 4. The van der Waals surface area contributed by atoms with Crippen molar-refractivity contribution in [3.63, 3.8) is 0 Å². The molecule has 43 heavy (non-hydrogen) atoms. The van der Waals surface area contributed by atoms with E-state index in [-0.39, 0.29) is 19.2 Å². The number of allylic oxidation sites excluding steroid dienone is 2. The van der Waals surface area contributed by atoms with Crippen LogP contribution in [0.15, 0.2) is 12.2 Å². The topological polar surface area (TPSA) is 135 Å². The van der Waals surface area contributed by atoms with E-state index in [2.05, 4.69) is 26.0 Å². The minimum atomic E-state index is -1.53. The Hall–Kier alpha value is -1.07. The van der Waals surface area contributed by atoms with Crippen molar-refractivity contribution in [1.29, 1.82) is 0 Å². The highest BCUT2D eigenvalue weighted by molar-refractivity contribution is 5.69. The average Bonchev–Trinajstić information content (AvgIpc) is 3.00. The van der Waals surface area contributed by atoms with Crippen LogP contribution in [0.5, 0.6) is 0 Å². The molecule has 4 N–H and O–H groups in total. The average molecular weight is 617 g/mol. The number of hydrogen-bond acceptors (Lipinski definition) is 9. The Kier molecular flexibility index (Phi) is 25.3. The Morgan fingerprint density at radius 2 is 1.28 bits per heavy atom. The van der Waals surface area contributed by atoms with Crippen molar-refractivity contribution in [3.8, 4) is 0 Å². The predicted octanol–water partition coefficient (Wildman–Crippen LogP) is 5.74. The van der Waals surface area contributed by atoms with Crippen LogP contribution < -0.4 is 0 Å². The quantitative estimate of drug-likeness (QED) is 0.0493. The lowest BCUT2D eigenvalue weighted by Gasteiger charge is -2.39. The van der Waals surface area contributed by atoms with Crippen LogP contribution in [0.3, 0.4) is 0 Å². The molecule has 1 aliphatic heterocycles. The highest BCUT2D eigenvalue weighted by atomic mass is 16.7. The summed E-state index contributed by atoms with van der Waals surface area (Å²) >= 11 is 0. The van der Waals surface area contributed by atoms with Crippen molar-refractivity contribution < 1.29 is 44.2 Å². The zero-order valence-corrected chi connectivity index (χ0v) is 27.2.